The van der Waals surface area contributed by atoms with Gasteiger partial charge >= 0.3 is 0 Å². The Labute approximate surface area is 354 Å². The number of aromatic nitrogens is 2. The summed E-state index contributed by atoms with van der Waals surface area (Å²) in [6.45, 7) is 17.8. The number of carbonyl (C=O) groups is 5. The van der Waals surface area contributed by atoms with Crippen LogP contribution in [0.2, 0.25) is 5.02 Å². The van der Waals surface area contributed by atoms with Crippen LogP contribution in [-0.4, -0.2) is 132 Å². The van der Waals surface area contributed by atoms with Crippen LogP contribution in [0.1, 0.15) is 83.1 Å². The topological polar surface area (TPSA) is 147 Å². The molecule has 1 aromatic heterocycles. The Morgan fingerprint density at radius 3 is 2.28 bits per heavy atom. The van der Waals surface area contributed by atoms with E-state index in [2.05, 4.69) is 41.7 Å². The van der Waals surface area contributed by atoms with E-state index in [-0.39, 0.29) is 29.7 Å². The van der Waals surface area contributed by atoms with Gasteiger partial charge in [0.25, 0.3) is 17.7 Å². The molecule has 0 radical (unpaired) electrons. The Morgan fingerprint density at radius 2 is 1.60 bits per heavy atom. The van der Waals surface area contributed by atoms with Gasteiger partial charge in [-0.1, -0.05) is 17.7 Å². The first-order valence-electron chi connectivity index (χ1n) is 21.1. The smallest absolute Gasteiger partial charge is 0.274 e. The highest BCUT2D eigenvalue weighted by molar-refractivity contribution is 6.33. The van der Waals surface area contributed by atoms with Crippen molar-refractivity contribution >= 4 is 64.0 Å². The third kappa shape index (κ3) is 7.55. The second-order valence-electron chi connectivity index (χ2n) is 17.4. The van der Waals surface area contributed by atoms with Gasteiger partial charge in [0, 0.05) is 94.3 Å². The minimum atomic E-state index is -0.978. The zero-order valence-electron chi connectivity index (χ0n) is 33.8. The molecule has 3 aromatic rings. The molecule has 5 amide bonds. The van der Waals surface area contributed by atoms with Crippen molar-refractivity contribution < 1.29 is 24.0 Å². The van der Waals surface area contributed by atoms with Gasteiger partial charge in [-0.15, -0.1) is 0 Å². The summed E-state index contributed by atoms with van der Waals surface area (Å²) in [4.78, 5) is 89.1. The molecule has 7 heterocycles. The largest absolute Gasteiger partial charge is 0.371 e. The molecular formula is C44H49ClN10O5. The number of anilines is 3. The molecule has 6 aliphatic rings. The van der Waals surface area contributed by atoms with Crippen LogP contribution >= 0.6 is 11.6 Å². The summed E-state index contributed by atoms with van der Waals surface area (Å²) < 4.78 is 0. The number of benzene rings is 2. The summed E-state index contributed by atoms with van der Waals surface area (Å²) in [5.41, 5.74) is 3.61. The van der Waals surface area contributed by atoms with Gasteiger partial charge in [0.2, 0.25) is 17.5 Å². The van der Waals surface area contributed by atoms with Crippen LogP contribution in [0.4, 0.5) is 22.9 Å². The number of amides is 5. The van der Waals surface area contributed by atoms with Gasteiger partial charge in [0.05, 0.1) is 30.1 Å². The number of carbonyl (C=O) groups excluding carboxylic acids is 5. The Hall–Kier alpha value is -5.59. The minimum Gasteiger partial charge on any atom is -0.371 e. The number of piperazine rings is 1. The fourth-order valence-corrected chi connectivity index (χ4v) is 10.5. The molecule has 60 heavy (non-hydrogen) atoms. The van der Waals surface area contributed by atoms with Crippen molar-refractivity contribution in [2.75, 3.05) is 80.1 Å². The first-order valence-corrected chi connectivity index (χ1v) is 21.5. The van der Waals surface area contributed by atoms with Crippen LogP contribution in [0, 0.1) is 17.9 Å². The summed E-state index contributed by atoms with van der Waals surface area (Å²) in [7, 11) is 0. The number of imide groups is 2. The van der Waals surface area contributed by atoms with E-state index in [0.717, 1.165) is 107 Å². The van der Waals surface area contributed by atoms with Gasteiger partial charge in [-0.3, -0.25) is 39.1 Å². The molecule has 0 bridgehead atoms. The molecule has 0 aliphatic carbocycles. The highest BCUT2D eigenvalue weighted by atomic mass is 35.5. The number of hydrogen-bond acceptors (Lipinski definition) is 11. The number of piperidine rings is 3. The van der Waals surface area contributed by atoms with E-state index in [1.807, 2.05) is 29.2 Å². The van der Waals surface area contributed by atoms with Crippen molar-refractivity contribution in [2.24, 2.45) is 11.3 Å². The number of nitrogens with one attached hydrogen (secondary N) is 1. The van der Waals surface area contributed by atoms with E-state index in [9.17, 15) is 24.0 Å². The number of rotatable bonds is 7. The summed E-state index contributed by atoms with van der Waals surface area (Å²) in [6, 6.07) is 10.5. The monoisotopic (exact) mass is 832 g/mol. The van der Waals surface area contributed by atoms with Crippen molar-refractivity contribution in [2.45, 2.75) is 64.0 Å². The number of hydrogen-bond donors (Lipinski definition) is 1. The predicted octanol–water partition coefficient (Wildman–Crippen LogP) is 4.64. The van der Waals surface area contributed by atoms with E-state index in [0.29, 0.717) is 47.0 Å². The van der Waals surface area contributed by atoms with Crippen LogP contribution in [0.15, 0.2) is 48.8 Å². The van der Waals surface area contributed by atoms with Gasteiger partial charge in [0.1, 0.15) is 17.6 Å². The lowest BCUT2D eigenvalue weighted by atomic mass is 9.77. The molecule has 1 spiro atoms. The quantitative estimate of drug-likeness (QED) is 0.263. The van der Waals surface area contributed by atoms with Crippen LogP contribution < -0.4 is 20.0 Å². The first-order chi connectivity index (χ1) is 29.0. The predicted molar refractivity (Wildman–Crippen MR) is 225 cm³/mol. The molecule has 1 N–H and O–H groups in total. The summed E-state index contributed by atoms with van der Waals surface area (Å²) in [5.74, 6) is -0.766. The fraction of sp³-hybridized carbons (Fsp3) is 0.500. The standard InChI is InChI=1S/C44H49ClN10O5/c1-28-23-44(27-54(28)31-4-6-35(46-2)34(45)22-31)11-15-52(16-12-44)38-25-47-36(24-48-38)43(60)53-19-17-50(18-20-53)26-29-9-13-51(14-10-29)30-3-5-32-33(21-30)42(59)55(41(32)58)37-7-8-39(56)49-40(37)57/h3-6,21-22,24-25,28-29,37H,7-20,23,26-27H2,1H3,(H,49,56,57)/t28-,37?/m0/s1. The van der Waals surface area contributed by atoms with E-state index >= 15 is 0 Å². The molecular weight excluding hydrogens is 784 g/mol. The summed E-state index contributed by atoms with van der Waals surface area (Å²) >= 11 is 6.38. The Balaban J connectivity index is 0.717. The summed E-state index contributed by atoms with van der Waals surface area (Å²) in [6.07, 6.45) is 8.75. The normalized spacial score (nSPS) is 23.6. The second-order valence-corrected chi connectivity index (χ2v) is 17.8. The number of halogens is 1. The lowest BCUT2D eigenvalue weighted by molar-refractivity contribution is -0.136. The SMILES string of the molecule is [C-]#[N+]c1ccc(N2CC3(CCN(c4cnc(C(=O)N5CCN(CC6CCN(c7ccc8c(c7)C(=O)N(C7CCC(=O)NC7=O)C8=O)CC6)CC5)cn4)CC3)C[C@@H]2C)cc1Cl. The maximum atomic E-state index is 13.5. The van der Waals surface area contributed by atoms with E-state index in [1.165, 1.54) is 0 Å². The molecule has 5 fully saturated rings. The lowest BCUT2D eigenvalue weighted by Crippen LogP contribution is -2.54. The molecule has 2 atom stereocenters. The van der Waals surface area contributed by atoms with E-state index in [4.69, 9.17) is 23.2 Å². The fourth-order valence-electron chi connectivity index (χ4n) is 10.3. The third-order valence-electron chi connectivity index (χ3n) is 13.7. The van der Waals surface area contributed by atoms with Crippen molar-refractivity contribution in [3.63, 3.8) is 0 Å². The van der Waals surface area contributed by atoms with Gasteiger partial charge in [-0.2, -0.15) is 0 Å². The number of fused-ring (bicyclic) bond motifs is 1. The zero-order valence-corrected chi connectivity index (χ0v) is 34.6. The van der Waals surface area contributed by atoms with Crippen LogP contribution in [0.3, 0.4) is 0 Å². The molecule has 9 rings (SSSR count). The Kier molecular flexibility index (Phi) is 10.7. The molecule has 6 aliphatic heterocycles. The number of nitrogens with zero attached hydrogens (tertiary/aromatic N) is 9. The van der Waals surface area contributed by atoms with Crippen LogP contribution in [-0.2, 0) is 9.59 Å². The molecule has 15 nitrogen and oxygen atoms in total. The maximum absolute atomic E-state index is 13.5. The van der Waals surface area contributed by atoms with Gasteiger partial charge in [0.15, 0.2) is 0 Å². The second kappa shape index (κ2) is 16.1. The minimum absolute atomic E-state index is 0.0843. The highest BCUT2D eigenvalue weighted by Gasteiger charge is 2.46. The van der Waals surface area contributed by atoms with E-state index in [1.54, 1.807) is 24.5 Å². The molecule has 5 saturated heterocycles. The van der Waals surface area contributed by atoms with Gasteiger partial charge in [-0.25, -0.2) is 14.8 Å². The van der Waals surface area contributed by atoms with Gasteiger partial charge < -0.3 is 19.6 Å². The highest BCUT2D eigenvalue weighted by Crippen LogP contribution is 2.46. The average Bonchev–Trinajstić information content (AvgIpc) is 3.71. The maximum Gasteiger partial charge on any atom is 0.274 e. The van der Waals surface area contributed by atoms with Crippen molar-refractivity contribution in [3.05, 3.63) is 82.1 Å². The zero-order chi connectivity index (χ0) is 41.7. The lowest BCUT2D eigenvalue weighted by Gasteiger charge is -2.40. The third-order valence-corrected chi connectivity index (χ3v) is 14.0. The first kappa shape index (κ1) is 39.8. The molecule has 0 saturated carbocycles. The Morgan fingerprint density at radius 1 is 0.867 bits per heavy atom. The molecule has 312 valence electrons. The Bertz CT molecular complexity index is 2260. The molecule has 16 heteroatoms. The van der Waals surface area contributed by atoms with Crippen molar-refractivity contribution in [1.82, 2.24) is 30.0 Å². The summed E-state index contributed by atoms with van der Waals surface area (Å²) in [5, 5.41) is 2.74. The van der Waals surface area contributed by atoms with Gasteiger partial charge in [-0.05, 0) is 87.1 Å². The van der Waals surface area contributed by atoms with Crippen LogP contribution in [0.5, 0.6) is 0 Å². The van der Waals surface area contributed by atoms with E-state index < -0.39 is 29.7 Å². The molecule has 2 aromatic carbocycles. The van der Waals surface area contributed by atoms with Crippen molar-refractivity contribution in [1.29, 1.82) is 0 Å². The van der Waals surface area contributed by atoms with Crippen molar-refractivity contribution in [3.8, 4) is 0 Å². The average molecular weight is 833 g/mol. The molecule has 1 unspecified atom stereocenters. The van der Waals surface area contributed by atoms with Crippen LogP contribution in [0.25, 0.3) is 4.85 Å².